The SMILES string of the molecule is Cc1csc(CN2CCn3cc(C(=O)NC4CCCC4)nc3C2C)n1.O=C(O)C(F)(F)F. The number of alkyl halides is 3. The van der Waals surface area contributed by atoms with Crippen LogP contribution in [0.4, 0.5) is 13.2 Å². The van der Waals surface area contributed by atoms with Crippen molar-refractivity contribution in [1.29, 1.82) is 0 Å². The van der Waals surface area contributed by atoms with Gasteiger partial charge in [0.25, 0.3) is 5.91 Å². The highest BCUT2D eigenvalue weighted by molar-refractivity contribution is 7.09. The van der Waals surface area contributed by atoms with E-state index in [0.29, 0.717) is 11.7 Å². The molecule has 1 saturated carbocycles. The van der Waals surface area contributed by atoms with Crippen molar-refractivity contribution in [3.63, 3.8) is 0 Å². The van der Waals surface area contributed by atoms with Crippen LogP contribution in [0.2, 0.25) is 0 Å². The van der Waals surface area contributed by atoms with E-state index in [2.05, 4.69) is 37.1 Å². The number of carbonyl (C=O) groups excluding carboxylic acids is 1. The molecule has 0 radical (unpaired) electrons. The third kappa shape index (κ3) is 6.06. The highest BCUT2D eigenvalue weighted by Gasteiger charge is 2.38. The molecule has 2 N–H and O–H groups in total. The molecular formula is C20H26F3N5O3S. The largest absolute Gasteiger partial charge is 0.490 e. The second-order valence-electron chi connectivity index (χ2n) is 7.96. The van der Waals surface area contributed by atoms with Gasteiger partial charge in [-0.1, -0.05) is 12.8 Å². The summed E-state index contributed by atoms with van der Waals surface area (Å²) in [6, 6.07) is 0.513. The van der Waals surface area contributed by atoms with E-state index in [1.165, 1.54) is 12.8 Å². The van der Waals surface area contributed by atoms with E-state index in [1.807, 2.05) is 13.1 Å². The van der Waals surface area contributed by atoms with Crippen molar-refractivity contribution in [1.82, 2.24) is 24.8 Å². The molecule has 0 aromatic carbocycles. The minimum Gasteiger partial charge on any atom is -0.475 e. The van der Waals surface area contributed by atoms with Crippen LogP contribution in [0.25, 0.3) is 0 Å². The number of aliphatic carboxylic acids is 1. The fourth-order valence-electron chi connectivity index (χ4n) is 3.84. The summed E-state index contributed by atoms with van der Waals surface area (Å²) in [5.74, 6) is -1.80. The molecule has 1 fully saturated rings. The van der Waals surface area contributed by atoms with Gasteiger partial charge in [-0.2, -0.15) is 13.2 Å². The number of rotatable bonds is 4. The molecule has 12 heteroatoms. The van der Waals surface area contributed by atoms with Crippen molar-refractivity contribution in [3.05, 3.63) is 33.8 Å². The van der Waals surface area contributed by atoms with E-state index < -0.39 is 12.1 Å². The molecule has 1 aliphatic heterocycles. The van der Waals surface area contributed by atoms with Gasteiger partial charge in [0.1, 0.15) is 16.5 Å². The number of carbonyl (C=O) groups is 2. The predicted octanol–water partition coefficient (Wildman–Crippen LogP) is 3.53. The first-order valence-corrected chi connectivity index (χ1v) is 11.3. The molecule has 4 rings (SSSR count). The summed E-state index contributed by atoms with van der Waals surface area (Å²) < 4.78 is 33.9. The standard InChI is InChI=1S/C18H25N5OS.C2HF3O2/c1-12-11-25-16(19-12)10-22-7-8-23-9-15(21-17(23)13(22)2)18(24)20-14-5-3-4-6-14;3-2(4,5)1(6)7/h9,11,13-14H,3-8,10H2,1-2H3,(H,20,24);(H,6,7). The summed E-state index contributed by atoms with van der Waals surface area (Å²) in [6.45, 7) is 6.86. The van der Waals surface area contributed by atoms with E-state index in [4.69, 9.17) is 9.90 Å². The van der Waals surface area contributed by atoms with Crippen LogP contribution in [-0.2, 0) is 17.9 Å². The fourth-order valence-corrected chi connectivity index (χ4v) is 4.64. The number of aryl methyl sites for hydroxylation is 1. The minimum atomic E-state index is -5.08. The Kier molecular flexibility index (Phi) is 7.55. The lowest BCUT2D eigenvalue weighted by Gasteiger charge is -2.32. The lowest BCUT2D eigenvalue weighted by atomic mass is 10.2. The van der Waals surface area contributed by atoms with Crippen LogP contribution in [0.5, 0.6) is 0 Å². The van der Waals surface area contributed by atoms with Crippen LogP contribution in [-0.4, -0.2) is 55.2 Å². The highest BCUT2D eigenvalue weighted by atomic mass is 32.1. The van der Waals surface area contributed by atoms with E-state index in [1.54, 1.807) is 11.3 Å². The normalized spacial score (nSPS) is 19.2. The van der Waals surface area contributed by atoms with Crippen molar-refractivity contribution < 1.29 is 27.9 Å². The third-order valence-electron chi connectivity index (χ3n) is 5.53. The molecule has 3 heterocycles. The Bertz CT molecular complexity index is 953. The first kappa shape index (κ1) is 24.2. The zero-order chi connectivity index (χ0) is 23.5. The molecule has 1 aliphatic carbocycles. The molecule has 8 nitrogen and oxygen atoms in total. The molecule has 0 saturated heterocycles. The van der Waals surface area contributed by atoms with Crippen LogP contribution in [0, 0.1) is 6.92 Å². The zero-order valence-corrected chi connectivity index (χ0v) is 18.7. The summed E-state index contributed by atoms with van der Waals surface area (Å²) in [5, 5.41) is 13.5. The summed E-state index contributed by atoms with van der Waals surface area (Å²) in [4.78, 5) is 33.0. The average molecular weight is 474 g/mol. The second-order valence-corrected chi connectivity index (χ2v) is 8.91. The molecule has 1 amide bonds. The topological polar surface area (TPSA) is 100 Å². The molecular weight excluding hydrogens is 447 g/mol. The highest BCUT2D eigenvalue weighted by Crippen LogP contribution is 2.27. The van der Waals surface area contributed by atoms with E-state index in [9.17, 15) is 18.0 Å². The minimum absolute atomic E-state index is 0.0249. The number of carboxylic acid groups (broad SMARTS) is 1. The third-order valence-corrected chi connectivity index (χ3v) is 6.48. The van der Waals surface area contributed by atoms with Gasteiger partial charge in [0.05, 0.1) is 12.6 Å². The molecule has 176 valence electrons. The maximum atomic E-state index is 12.5. The molecule has 1 atom stereocenters. The Hall–Kier alpha value is -2.47. The molecule has 1 unspecified atom stereocenters. The molecule has 2 aromatic heterocycles. The molecule has 2 aromatic rings. The quantitative estimate of drug-likeness (QED) is 0.705. The Morgan fingerprint density at radius 3 is 2.47 bits per heavy atom. The number of thiazole rings is 1. The van der Waals surface area contributed by atoms with Crippen molar-refractivity contribution in [2.45, 2.75) is 70.9 Å². The Labute approximate surface area is 187 Å². The first-order valence-electron chi connectivity index (χ1n) is 10.4. The van der Waals surface area contributed by atoms with Crippen LogP contribution in [0.1, 0.15) is 65.7 Å². The number of nitrogens with one attached hydrogen (secondary N) is 1. The van der Waals surface area contributed by atoms with Gasteiger partial charge in [-0.05, 0) is 26.7 Å². The van der Waals surface area contributed by atoms with Crippen molar-refractivity contribution >= 4 is 23.2 Å². The van der Waals surface area contributed by atoms with Gasteiger partial charge in [-0.25, -0.2) is 14.8 Å². The number of amides is 1. The van der Waals surface area contributed by atoms with Gasteiger partial charge in [0, 0.05) is 36.4 Å². The maximum Gasteiger partial charge on any atom is 0.490 e. The van der Waals surface area contributed by atoms with Crippen LogP contribution < -0.4 is 5.32 Å². The van der Waals surface area contributed by atoms with Gasteiger partial charge in [-0.3, -0.25) is 9.69 Å². The number of hydrogen-bond acceptors (Lipinski definition) is 6. The zero-order valence-electron chi connectivity index (χ0n) is 17.9. The van der Waals surface area contributed by atoms with E-state index in [-0.39, 0.29) is 11.9 Å². The summed E-state index contributed by atoms with van der Waals surface area (Å²) in [7, 11) is 0. The van der Waals surface area contributed by atoms with Gasteiger partial charge in [0.2, 0.25) is 0 Å². The number of halogens is 3. The Morgan fingerprint density at radius 1 is 1.25 bits per heavy atom. The number of imidazole rings is 1. The number of carboxylic acids is 1. The van der Waals surface area contributed by atoms with Crippen molar-refractivity contribution in [2.75, 3.05) is 6.54 Å². The molecule has 0 bridgehead atoms. The lowest BCUT2D eigenvalue weighted by Crippen LogP contribution is -2.36. The van der Waals surface area contributed by atoms with Gasteiger partial charge in [-0.15, -0.1) is 11.3 Å². The summed E-state index contributed by atoms with van der Waals surface area (Å²) in [5.41, 5.74) is 1.64. The van der Waals surface area contributed by atoms with Crippen molar-refractivity contribution in [3.8, 4) is 0 Å². The smallest absolute Gasteiger partial charge is 0.475 e. The number of aromatic nitrogens is 3. The fraction of sp³-hybridized carbons (Fsp3) is 0.600. The second kappa shape index (κ2) is 9.99. The average Bonchev–Trinajstić information content (AvgIpc) is 3.45. The van der Waals surface area contributed by atoms with Gasteiger partial charge in [0.15, 0.2) is 0 Å². The monoisotopic (exact) mass is 473 g/mol. The molecule has 2 aliphatic rings. The number of hydrogen-bond donors (Lipinski definition) is 2. The molecule has 0 spiro atoms. The van der Waals surface area contributed by atoms with Gasteiger partial charge >= 0.3 is 12.1 Å². The van der Waals surface area contributed by atoms with Gasteiger partial charge < -0.3 is 15.0 Å². The predicted molar refractivity (Wildman–Crippen MR) is 111 cm³/mol. The summed E-state index contributed by atoms with van der Waals surface area (Å²) >= 11 is 1.71. The van der Waals surface area contributed by atoms with Crippen LogP contribution in [0.3, 0.4) is 0 Å². The Balaban J connectivity index is 0.000000360. The van der Waals surface area contributed by atoms with Crippen molar-refractivity contribution in [2.24, 2.45) is 0 Å². The number of nitrogens with zero attached hydrogens (tertiary/aromatic N) is 4. The lowest BCUT2D eigenvalue weighted by molar-refractivity contribution is -0.192. The van der Waals surface area contributed by atoms with Crippen LogP contribution >= 0.6 is 11.3 Å². The number of fused-ring (bicyclic) bond motifs is 1. The van der Waals surface area contributed by atoms with E-state index in [0.717, 1.165) is 49.0 Å². The first-order chi connectivity index (χ1) is 15.0. The Morgan fingerprint density at radius 2 is 1.91 bits per heavy atom. The maximum absolute atomic E-state index is 12.5. The molecule has 32 heavy (non-hydrogen) atoms. The summed E-state index contributed by atoms with van der Waals surface area (Å²) in [6.07, 6.45) is 1.45. The van der Waals surface area contributed by atoms with Crippen LogP contribution in [0.15, 0.2) is 11.6 Å². The van der Waals surface area contributed by atoms with E-state index >= 15 is 0 Å².